The SMILES string of the molecule is CCCN(CCC)c1ccc2c(cc1=O)C(NC(C)=O)CCc1cc(OC)c(OC)c(OC)c1-2. The number of nitrogens with one attached hydrogen (secondary N) is 1. The third kappa shape index (κ3) is 4.98. The molecule has 0 spiro atoms. The van der Waals surface area contributed by atoms with Crippen LogP contribution in [0.2, 0.25) is 0 Å². The number of aryl methyl sites for hydroxylation is 1. The van der Waals surface area contributed by atoms with Crippen molar-refractivity contribution in [1.29, 1.82) is 0 Å². The van der Waals surface area contributed by atoms with E-state index >= 15 is 0 Å². The Kier molecular flexibility index (Phi) is 8.42. The average molecular weight is 469 g/mol. The fourth-order valence-electron chi connectivity index (χ4n) is 4.85. The Morgan fingerprint density at radius 1 is 1.03 bits per heavy atom. The molecule has 1 atom stereocenters. The lowest BCUT2D eigenvalue weighted by Gasteiger charge is -2.22. The second-order valence-electron chi connectivity index (χ2n) is 8.55. The van der Waals surface area contributed by atoms with Crippen molar-refractivity contribution in [2.45, 2.75) is 52.5 Å². The molecule has 0 saturated carbocycles. The molecule has 0 heterocycles. The van der Waals surface area contributed by atoms with Gasteiger partial charge in [0, 0.05) is 25.6 Å². The molecule has 2 aromatic rings. The van der Waals surface area contributed by atoms with Gasteiger partial charge in [-0.1, -0.05) is 19.9 Å². The number of amides is 1. The first-order valence-electron chi connectivity index (χ1n) is 11.9. The van der Waals surface area contributed by atoms with Crippen LogP contribution in [0.3, 0.4) is 0 Å². The quantitative estimate of drug-likeness (QED) is 0.584. The molecule has 1 amide bonds. The first kappa shape index (κ1) is 25.4. The zero-order valence-electron chi connectivity index (χ0n) is 21.1. The van der Waals surface area contributed by atoms with Gasteiger partial charge in [-0.2, -0.15) is 0 Å². The fourth-order valence-corrected chi connectivity index (χ4v) is 4.85. The van der Waals surface area contributed by atoms with Crippen LogP contribution in [0, 0.1) is 0 Å². The third-order valence-electron chi connectivity index (χ3n) is 6.22. The van der Waals surface area contributed by atoms with Gasteiger partial charge >= 0.3 is 0 Å². The van der Waals surface area contributed by atoms with Crippen LogP contribution in [0.4, 0.5) is 5.69 Å². The van der Waals surface area contributed by atoms with E-state index in [9.17, 15) is 9.59 Å². The average Bonchev–Trinajstić information content (AvgIpc) is 3.06. The van der Waals surface area contributed by atoms with Gasteiger partial charge < -0.3 is 24.4 Å². The van der Waals surface area contributed by atoms with E-state index in [1.807, 2.05) is 18.2 Å². The monoisotopic (exact) mass is 468 g/mol. The van der Waals surface area contributed by atoms with Gasteiger partial charge in [-0.05, 0) is 60.6 Å². The summed E-state index contributed by atoms with van der Waals surface area (Å²) in [7, 11) is 4.78. The number of ether oxygens (including phenoxy) is 3. The first-order chi connectivity index (χ1) is 16.4. The summed E-state index contributed by atoms with van der Waals surface area (Å²) < 4.78 is 17.1. The van der Waals surface area contributed by atoms with Crippen LogP contribution in [0.25, 0.3) is 11.1 Å². The molecule has 7 heteroatoms. The molecule has 0 radical (unpaired) electrons. The van der Waals surface area contributed by atoms with Crippen molar-refractivity contribution in [3.63, 3.8) is 0 Å². The highest BCUT2D eigenvalue weighted by Gasteiger charge is 2.29. The molecule has 1 N–H and O–H groups in total. The van der Waals surface area contributed by atoms with E-state index < -0.39 is 0 Å². The molecule has 2 aromatic carbocycles. The number of benzene rings is 1. The van der Waals surface area contributed by atoms with Gasteiger partial charge in [0.2, 0.25) is 17.1 Å². The third-order valence-corrected chi connectivity index (χ3v) is 6.22. The van der Waals surface area contributed by atoms with Crippen molar-refractivity contribution in [3.8, 4) is 28.4 Å². The Hall–Kier alpha value is -3.22. The number of carbonyl (C=O) groups is 1. The fraction of sp³-hybridized carbons (Fsp3) is 0.481. The molecule has 0 aliphatic heterocycles. The van der Waals surface area contributed by atoms with Crippen molar-refractivity contribution >= 4 is 11.6 Å². The predicted octanol–water partition coefficient (Wildman–Crippen LogP) is 4.49. The van der Waals surface area contributed by atoms with E-state index in [1.54, 1.807) is 27.4 Å². The van der Waals surface area contributed by atoms with E-state index in [0.717, 1.165) is 48.2 Å². The van der Waals surface area contributed by atoms with Crippen molar-refractivity contribution in [2.75, 3.05) is 39.3 Å². The molecule has 1 aliphatic carbocycles. The maximum atomic E-state index is 13.5. The van der Waals surface area contributed by atoms with E-state index in [4.69, 9.17) is 14.2 Å². The molecule has 7 nitrogen and oxygen atoms in total. The number of rotatable bonds is 9. The van der Waals surface area contributed by atoms with Crippen LogP contribution in [-0.4, -0.2) is 40.3 Å². The summed E-state index contributed by atoms with van der Waals surface area (Å²) in [6.07, 6.45) is 3.21. The van der Waals surface area contributed by atoms with Crippen LogP contribution in [-0.2, 0) is 11.2 Å². The largest absolute Gasteiger partial charge is 0.493 e. The zero-order chi connectivity index (χ0) is 24.8. The van der Waals surface area contributed by atoms with Crippen LogP contribution in [0.15, 0.2) is 29.1 Å². The predicted molar refractivity (Wildman–Crippen MR) is 135 cm³/mol. The van der Waals surface area contributed by atoms with Crippen LogP contribution < -0.4 is 29.9 Å². The Balaban J connectivity index is 2.37. The number of nitrogens with zero attached hydrogens (tertiary/aromatic N) is 1. The van der Waals surface area contributed by atoms with Gasteiger partial charge in [-0.25, -0.2) is 0 Å². The smallest absolute Gasteiger partial charge is 0.217 e. The second-order valence-corrected chi connectivity index (χ2v) is 8.55. The summed E-state index contributed by atoms with van der Waals surface area (Å²) in [5.41, 5.74) is 4.12. The summed E-state index contributed by atoms with van der Waals surface area (Å²) in [6, 6.07) is 7.23. The zero-order valence-corrected chi connectivity index (χ0v) is 21.1. The van der Waals surface area contributed by atoms with Gasteiger partial charge in [0.05, 0.1) is 33.1 Å². The molecule has 1 aliphatic rings. The Labute approximate surface area is 202 Å². The summed E-state index contributed by atoms with van der Waals surface area (Å²) in [6.45, 7) is 7.33. The molecular weight excluding hydrogens is 432 g/mol. The molecule has 184 valence electrons. The lowest BCUT2D eigenvalue weighted by atomic mass is 9.95. The number of fused-ring (bicyclic) bond motifs is 3. The summed E-state index contributed by atoms with van der Waals surface area (Å²) >= 11 is 0. The number of hydrogen-bond acceptors (Lipinski definition) is 6. The lowest BCUT2D eigenvalue weighted by Crippen LogP contribution is -2.29. The van der Waals surface area contributed by atoms with E-state index in [0.29, 0.717) is 35.8 Å². The Morgan fingerprint density at radius 2 is 1.71 bits per heavy atom. The highest BCUT2D eigenvalue weighted by Crippen LogP contribution is 2.50. The minimum Gasteiger partial charge on any atom is -0.493 e. The van der Waals surface area contributed by atoms with Gasteiger partial charge in [0.1, 0.15) is 0 Å². The molecule has 34 heavy (non-hydrogen) atoms. The molecule has 0 bridgehead atoms. The van der Waals surface area contributed by atoms with E-state index in [2.05, 4.69) is 24.1 Å². The molecule has 3 rings (SSSR count). The Bertz CT molecular complexity index is 1090. The van der Waals surface area contributed by atoms with Crippen molar-refractivity contribution in [2.24, 2.45) is 0 Å². The topological polar surface area (TPSA) is 77.1 Å². The number of anilines is 1. The molecule has 0 aromatic heterocycles. The molecular formula is C27H36N2O5. The van der Waals surface area contributed by atoms with Crippen LogP contribution in [0.1, 0.15) is 57.2 Å². The number of hydrogen-bond donors (Lipinski definition) is 1. The van der Waals surface area contributed by atoms with Crippen LogP contribution >= 0.6 is 0 Å². The van der Waals surface area contributed by atoms with Crippen molar-refractivity contribution < 1.29 is 19.0 Å². The second kappa shape index (κ2) is 11.3. The van der Waals surface area contributed by atoms with Gasteiger partial charge in [-0.15, -0.1) is 0 Å². The van der Waals surface area contributed by atoms with Crippen molar-refractivity contribution in [3.05, 3.63) is 45.6 Å². The first-order valence-corrected chi connectivity index (χ1v) is 11.9. The number of carbonyl (C=O) groups excluding carboxylic acids is 1. The highest BCUT2D eigenvalue weighted by molar-refractivity contribution is 5.83. The summed E-state index contributed by atoms with van der Waals surface area (Å²) in [4.78, 5) is 27.7. The molecule has 0 saturated heterocycles. The standard InChI is InChI=1S/C27H36N2O5/c1-7-13-29(14-8-2)22-12-10-19-20(16-23(22)31)21(28-17(3)30)11-9-18-15-24(32-4)26(33-5)27(34-6)25(18)19/h10,12,15-16,21H,7-9,11,13-14H2,1-6H3,(H,28,30). The van der Waals surface area contributed by atoms with Gasteiger partial charge in [0.25, 0.3) is 0 Å². The minimum atomic E-state index is -0.305. The maximum Gasteiger partial charge on any atom is 0.217 e. The molecule has 1 unspecified atom stereocenters. The van der Waals surface area contributed by atoms with Gasteiger partial charge in [-0.3, -0.25) is 9.59 Å². The van der Waals surface area contributed by atoms with Crippen LogP contribution in [0.5, 0.6) is 17.2 Å². The maximum absolute atomic E-state index is 13.5. The van der Waals surface area contributed by atoms with E-state index in [1.165, 1.54) is 6.92 Å². The number of methoxy groups -OCH3 is 3. The highest BCUT2D eigenvalue weighted by atomic mass is 16.5. The summed E-state index contributed by atoms with van der Waals surface area (Å²) in [5.74, 6) is 1.50. The van der Waals surface area contributed by atoms with E-state index in [-0.39, 0.29) is 17.4 Å². The van der Waals surface area contributed by atoms with Gasteiger partial charge in [0.15, 0.2) is 11.5 Å². The molecule has 0 fully saturated rings. The minimum absolute atomic E-state index is 0.0543. The Morgan fingerprint density at radius 3 is 2.26 bits per heavy atom. The lowest BCUT2D eigenvalue weighted by molar-refractivity contribution is -0.119. The van der Waals surface area contributed by atoms with Crippen molar-refractivity contribution in [1.82, 2.24) is 5.32 Å². The summed E-state index contributed by atoms with van der Waals surface area (Å²) in [5, 5.41) is 3.05. The normalized spacial score (nSPS) is 14.4.